The third-order valence-electron chi connectivity index (χ3n) is 3.15. The fourth-order valence-electron chi connectivity index (χ4n) is 2.01. The van der Waals surface area contributed by atoms with Gasteiger partial charge in [-0.05, 0) is 36.2 Å². The molecule has 2 N–H and O–H groups in total. The first-order valence-electron chi connectivity index (χ1n) is 6.35. The maximum absolute atomic E-state index is 13.5. The Hall–Kier alpha value is -2.69. The first-order chi connectivity index (χ1) is 9.99. The number of amides is 1. The highest BCUT2D eigenvalue weighted by molar-refractivity contribution is 5.96. The van der Waals surface area contributed by atoms with Gasteiger partial charge in [0.1, 0.15) is 5.82 Å². The van der Waals surface area contributed by atoms with Crippen LogP contribution in [0.25, 0.3) is 0 Å². The van der Waals surface area contributed by atoms with Crippen molar-refractivity contribution in [1.82, 2.24) is 0 Å². The molecule has 0 aliphatic heterocycles. The van der Waals surface area contributed by atoms with E-state index in [1.165, 1.54) is 18.2 Å². The van der Waals surface area contributed by atoms with Crippen molar-refractivity contribution in [3.63, 3.8) is 0 Å². The van der Waals surface area contributed by atoms with Gasteiger partial charge in [-0.15, -0.1) is 0 Å². The molecule has 0 saturated carbocycles. The van der Waals surface area contributed by atoms with Crippen molar-refractivity contribution in [2.24, 2.45) is 0 Å². The number of hydrogen-bond donors (Lipinski definition) is 2. The average Bonchev–Trinajstić information content (AvgIpc) is 2.43. The first-order valence-corrected chi connectivity index (χ1v) is 6.35. The number of anilines is 1. The zero-order valence-corrected chi connectivity index (χ0v) is 11.4. The Morgan fingerprint density at radius 1 is 1.14 bits per heavy atom. The highest BCUT2D eigenvalue weighted by atomic mass is 19.1. The topological polar surface area (TPSA) is 66.4 Å². The van der Waals surface area contributed by atoms with Gasteiger partial charge in [-0.1, -0.05) is 24.3 Å². The number of hydrogen-bond acceptors (Lipinski definition) is 2. The van der Waals surface area contributed by atoms with Crippen molar-refractivity contribution in [1.29, 1.82) is 0 Å². The molecule has 0 aliphatic rings. The van der Waals surface area contributed by atoms with Gasteiger partial charge < -0.3 is 10.4 Å². The fourth-order valence-corrected chi connectivity index (χ4v) is 2.01. The molecule has 0 radical (unpaired) electrons. The van der Waals surface area contributed by atoms with Crippen molar-refractivity contribution in [3.8, 4) is 0 Å². The van der Waals surface area contributed by atoms with Gasteiger partial charge in [0.15, 0.2) is 0 Å². The van der Waals surface area contributed by atoms with Crippen LogP contribution in [0.1, 0.15) is 21.5 Å². The molecule has 2 aromatic carbocycles. The number of carboxylic acid groups (broad SMARTS) is 1. The van der Waals surface area contributed by atoms with E-state index in [0.717, 1.165) is 0 Å². The minimum absolute atomic E-state index is 0.108. The van der Waals surface area contributed by atoms with Crippen LogP contribution in [0.3, 0.4) is 0 Å². The van der Waals surface area contributed by atoms with Crippen molar-refractivity contribution >= 4 is 17.6 Å². The Balaban J connectivity index is 2.15. The number of nitrogens with one attached hydrogen (secondary N) is 1. The predicted octanol–water partition coefficient (Wildman–Crippen LogP) is 3.01. The summed E-state index contributed by atoms with van der Waals surface area (Å²) in [6, 6.07) is 10.7. The van der Waals surface area contributed by atoms with Crippen LogP contribution in [0.15, 0.2) is 42.5 Å². The lowest BCUT2D eigenvalue weighted by Gasteiger charge is -2.10. The predicted molar refractivity (Wildman–Crippen MR) is 76.9 cm³/mol. The molecule has 0 heterocycles. The summed E-state index contributed by atoms with van der Waals surface area (Å²) in [5.74, 6) is -1.90. The van der Waals surface area contributed by atoms with Gasteiger partial charge in [-0.25, -0.2) is 9.18 Å². The number of carbonyl (C=O) groups is 2. The van der Waals surface area contributed by atoms with E-state index >= 15 is 0 Å². The lowest BCUT2D eigenvalue weighted by atomic mass is 10.1. The molecule has 0 fully saturated rings. The molecular formula is C16H14FNO3. The van der Waals surface area contributed by atoms with E-state index < -0.39 is 17.7 Å². The summed E-state index contributed by atoms with van der Waals surface area (Å²) in [6.45, 7) is 1.61. The van der Waals surface area contributed by atoms with Crippen molar-refractivity contribution < 1.29 is 19.1 Å². The molecule has 0 unspecified atom stereocenters. The van der Waals surface area contributed by atoms with Crippen LogP contribution in [-0.2, 0) is 11.2 Å². The molecule has 2 aromatic rings. The number of benzene rings is 2. The van der Waals surface area contributed by atoms with Crippen LogP contribution in [0.5, 0.6) is 0 Å². The molecule has 0 aliphatic carbocycles. The highest BCUT2D eigenvalue weighted by Gasteiger charge is 2.13. The second-order valence-corrected chi connectivity index (χ2v) is 4.60. The smallest absolute Gasteiger partial charge is 0.336 e. The van der Waals surface area contributed by atoms with Crippen LogP contribution < -0.4 is 5.32 Å². The minimum Gasteiger partial charge on any atom is -0.478 e. The molecule has 5 heteroatoms. The zero-order chi connectivity index (χ0) is 15.4. The van der Waals surface area contributed by atoms with Crippen LogP contribution in [0.4, 0.5) is 10.1 Å². The summed E-state index contributed by atoms with van der Waals surface area (Å²) in [7, 11) is 0. The first kappa shape index (κ1) is 14.7. The van der Waals surface area contributed by atoms with E-state index in [9.17, 15) is 14.0 Å². The van der Waals surface area contributed by atoms with Crippen molar-refractivity contribution in [2.75, 3.05) is 5.32 Å². The number of carboxylic acids is 1. The Labute approximate surface area is 121 Å². The van der Waals surface area contributed by atoms with Gasteiger partial charge >= 0.3 is 5.97 Å². The van der Waals surface area contributed by atoms with E-state index in [0.29, 0.717) is 16.8 Å². The van der Waals surface area contributed by atoms with E-state index in [-0.39, 0.29) is 12.0 Å². The summed E-state index contributed by atoms with van der Waals surface area (Å²) in [6.07, 6.45) is -0.108. The minimum atomic E-state index is -1.06. The third-order valence-corrected chi connectivity index (χ3v) is 3.15. The second kappa shape index (κ2) is 6.17. The largest absolute Gasteiger partial charge is 0.478 e. The van der Waals surface area contributed by atoms with Crippen molar-refractivity contribution in [3.05, 3.63) is 65.0 Å². The van der Waals surface area contributed by atoms with Gasteiger partial charge in [0.25, 0.3) is 0 Å². The van der Waals surface area contributed by atoms with E-state index in [1.807, 2.05) is 0 Å². The number of rotatable bonds is 4. The Kier molecular flexibility index (Phi) is 4.33. The summed E-state index contributed by atoms with van der Waals surface area (Å²) in [4.78, 5) is 23.0. The van der Waals surface area contributed by atoms with E-state index in [2.05, 4.69) is 5.32 Å². The molecule has 21 heavy (non-hydrogen) atoms. The number of halogens is 1. The van der Waals surface area contributed by atoms with E-state index in [4.69, 9.17) is 5.11 Å². The fraction of sp³-hybridized carbons (Fsp3) is 0.125. The van der Waals surface area contributed by atoms with Gasteiger partial charge in [0, 0.05) is 5.69 Å². The van der Waals surface area contributed by atoms with Crippen LogP contribution in [0.2, 0.25) is 0 Å². The molecule has 0 bridgehead atoms. The molecule has 1 amide bonds. The number of carbonyl (C=O) groups excluding carboxylic acids is 1. The maximum atomic E-state index is 13.5. The molecule has 108 valence electrons. The maximum Gasteiger partial charge on any atom is 0.336 e. The molecule has 0 spiro atoms. The zero-order valence-electron chi connectivity index (χ0n) is 11.4. The summed E-state index contributed by atoms with van der Waals surface area (Å²) in [5.41, 5.74) is 1.30. The lowest BCUT2D eigenvalue weighted by molar-refractivity contribution is -0.115. The normalized spacial score (nSPS) is 10.2. The van der Waals surface area contributed by atoms with Crippen LogP contribution in [-0.4, -0.2) is 17.0 Å². The lowest BCUT2D eigenvalue weighted by Crippen LogP contribution is -2.16. The second-order valence-electron chi connectivity index (χ2n) is 4.60. The molecule has 0 atom stereocenters. The Morgan fingerprint density at radius 2 is 1.86 bits per heavy atom. The molecule has 4 nitrogen and oxygen atoms in total. The average molecular weight is 287 g/mol. The number of aromatic carboxylic acids is 1. The Morgan fingerprint density at radius 3 is 2.52 bits per heavy atom. The molecule has 0 aromatic heterocycles. The monoisotopic (exact) mass is 287 g/mol. The van der Waals surface area contributed by atoms with Crippen LogP contribution in [0, 0.1) is 12.7 Å². The standard InChI is InChI=1S/C16H14FNO3/c1-10-12(16(20)21)6-4-8-14(10)18-15(19)9-11-5-2-3-7-13(11)17/h2-8H,9H2,1H3,(H,18,19)(H,20,21). The Bertz CT molecular complexity index is 698. The summed E-state index contributed by atoms with van der Waals surface area (Å²) >= 11 is 0. The summed E-state index contributed by atoms with van der Waals surface area (Å²) < 4.78 is 13.5. The molecule has 0 saturated heterocycles. The molecule has 2 rings (SSSR count). The van der Waals surface area contributed by atoms with Crippen LogP contribution >= 0.6 is 0 Å². The third kappa shape index (κ3) is 3.45. The van der Waals surface area contributed by atoms with Gasteiger partial charge in [-0.3, -0.25) is 4.79 Å². The van der Waals surface area contributed by atoms with E-state index in [1.54, 1.807) is 31.2 Å². The van der Waals surface area contributed by atoms with Gasteiger partial charge in [0.05, 0.1) is 12.0 Å². The quantitative estimate of drug-likeness (QED) is 0.908. The van der Waals surface area contributed by atoms with Gasteiger partial charge in [-0.2, -0.15) is 0 Å². The highest BCUT2D eigenvalue weighted by Crippen LogP contribution is 2.19. The SMILES string of the molecule is Cc1c(NC(=O)Cc2ccccc2F)cccc1C(=O)O. The van der Waals surface area contributed by atoms with Gasteiger partial charge in [0.2, 0.25) is 5.91 Å². The summed E-state index contributed by atoms with van der Waals surface area (Å²) in [5, 5.41) is 11.6. The molecular weight excluding hydrogens is 273 g/mol. The van der Waals surface area contributed by atoms with Crippen molar-refractivity contribution in [2.45, 2.75) is 13.3 Å².